The van der Waals surface area contributed by atoms with Crippen LogP contribution in [0, 0.1) is 0 Å². The molecule has 2 heterocycles. The second-order valence-electron chi connectivity index (χ2n) is 8.65. The van der Waals surface area contributed by atoms with E-state index in [0.717, 1.165) is 25.9 Å². The third-order valence-corrected chi connectivity index (χ3v) is 6.34. The molecule has 1 unspecified atom stereocenters. The molecular formula is C27H28ClN5O3. The van der Waals surface area contributed by atoms with Crippen molar-refractivity contribution < 1.29 is 14.4 Å². The summed E-state index contributed by atoms with van der Waals surface area (Å²) in [4.78, 5) is 44.5. The second-order valence-corrected chi connectivity index (χ2v) is 9.09. The molecule has 0 radical (unpaired) electrons. The first-order valence-electron chi connectivity index (χ1n) is 11.9. The largest absolute Gasteiger partial charge is 0.325 e. The lowest BCUT2D eigenvalue weighted by Gasteiger charge is -2.31. The van der Waals surface area contributed by atoms with E-state index in [1.165, 1.54) is 12.6 Å². The van der Waals surface area contributed by atoms with Gasteiger partial charge in [-0.25, -0.2) is 4.98 Å². The maximum absolute atomic E-state index is 12.9. The molecule has 1 aromatic heterocycles. The molecular weight excluding hydrogens is 478 g/mol. The van der Waals surface area contributed by atoms with Crippen molar-refractivity contribution in [3.05, 3.63) is 83.0 Å². The van der Waals surface area contributed by atoms with E-state index < -0.39 is 5.91 Å². The number of nitrogens with zero attached hydrogens (tertiary/aromatic N) is 2. The summed E-state index contributed by atoms with van der Waals surface area (Å²) in [7, 11) is 0. The summed E-state index contributed by atoms with van der Waals surface area (Å²) < 4.78 is 0. The maximum Gasteiger partial charge on any atom is 0.258 e. The lowest BCUT2D eigenvalue weighted by atomic mass is 10.1. The van der Waals surface area contributed by atoms with Gasteiger partial charge in [-0.2, -0.15) is 0 Å². The molecule has 0 spiro atoms. The van der Waals surface area contributed by atoms with E-state index in [1.54, 1.807) is 60.7 Å². The molecule has 1 aliphatic rings. The van der Waals surface area contributed by atoms with E-state index in [9.17, 15) is 14.4 Å². The monoisotopic (exact) mass is 505 g/mol. The van der Waals surface area contributed by atoms with Gasteiger partial charge >= 0.3 is 0 Å². The number of carbonyl (C=O) groups excluding carboxylic acids is 3. The van der Waals surface area contributed by atoms with Crippen LogP contribution in [-0.4, -0.2) is 46.7 Å². The number of nitrogens with one attached hydrogen (secondary N) is 3. The summed E-state index contributed by atoms with van der Waals surface area (Å²) in [5.41, 5.74) is 1.67. The molecule has 1 aliphatic heterocycles. The molecule has 2 aromatic carbocycles. The number of anilines is 3. The second kappa shape index (κ2) is 11.8. The number of rotatable bonds is 7. The van der Waals surface area contributed by atoms with Crippen LogP contribution in [-0.2, 0) is 4.79 Å². The van der Waals surface area contributed by atoms with E-state index >= 15 is 0 Å². The zero-order chi connectivity index (χ0) is 25.5. The first-order chi connectivity index (χ1) is 17.4. The zero-order valence-corrected chi connectivity index (χ0v) is 20.7. The van der Waals surface area contributed by atoms with Crippen LogP contribution in [0.5, 0.6) is 0 Å². The van der Waals surface area contributed by atoms with Gasteiger partial charge in [0, 0.05) is 17.4 Å². The quantitative estimate of drug-likeness (QED) is 0.417. The number of carbonyl (C=O) groups is 3. The van der Waals surface area contributed by atoms with E-state index in [2.05, 4.69) is 25.8 Å². The van der Waals surface area contributed by atoms with Gasteiger partial charge in [-0.15, -0.1) is 0 Å². The van der Waals surface area contributed by atoms with Gasteiger partial charge in [0.05, 0.1) is 22.3 Å². The highest BCUT2D eigenvalue weighted by Crippen LogP contribution is 2.20. The molecule has 3 N–H and O–H groups in total. The fraction of sp³-hybridized carbons (Fsp3) is 0.259. The van der Waals surface area contributed by atoms with Gasteiger partial charge in [-0.05, 0) is 81.4 Å². The molecule has 0 bridgehead atoms. The number of halogens is 1. The van der Waals surface area contributed by atoms with E-state index in [1.807, 2.05) is 6.92 Å². The minimum Gasteiger partial charge on any atom is -0.325 e. The van der Waals surface area contributed by atoms with Gasteiger partial charge in [-0.3, -0.25) is 19.3 Å². The average molecular weight is 506 g/mol. The van der Waals surface area contributed by atoms with Gasteiger partial charge in [0.15, 0.2) is 0 Å². The number of amides is 3. The van der Waals surface area contributed by atoms with Gasteiger partial charge < -0.3 is 16.0 Å². The topological polar surface area (TPSA) is 103 Å². The Kier molecular flexibility index (Phi) is 8.30. The molecule has 186 valence electrons. The van der Waals surface area contributed by atoms with Crippen molar-refractivity contribution in [1.29, 1.82) is 0 Å². The van der Waals surface area contributed by atoms with Crippen LogP contribution in [0.25, 0.3) is 0 Å². The number of piperidine rings is 1. The van der Waals surface area contributed by atoms with Crippen molar-refractivity contribution in [2.75, 3.05) is 29.0 Å². The number of aromatic nitrogens is 1. The Hall–Kier alpha value is -3.75. The summed E-state index contributed by atoms with van der Waals surface area (Å²) in [5.74, 6) is -0.511. The number of hydrogen-bond donors (Lipinski definition) is 3. The minimum atomic E-state index is -0.415. The van der Waals surface area contributed by atoms with Crippen molar-refractivity contribution in [1.82, 2.24) is 9.88 Å². The van der Waals surface area contributed by atoms with Crippen LogP contribution >= 0.6 is 11.6 Å². The summed E-state index contributed by atoms with van der Waals surface area (Å²) in [6, 6.07) is 16.4. The molecule has 9 heteroatoms. The average Bonchev–Trinajstić information content (AvgIpc) is 2.90. The lowest BCUT2D eigenvalue weighted by molar-refractivity contribution is -0.121. The highest BCUT2D eigenvalue weighted by atomic mass is 35.5. The Labute approximate surface area is 215 Å². The van der Waals surface area contributed by atoms with Gasteiger partial charge in [0.2, 0.25) is 5.91 Å². The molecule has 0 saturated carbocycles. The van der Waals surface area contributed by atoms with Crippen LogP contribution in [0.2, 0.25) is 5.02 Å². The Morgan fingerprint density at radius 1 is 0.861 bits per heavy atom. The molecule has 1 saturated heterocycles. The fourth-order valence-corrected chi connectivity index (χ4v) is 4.15. The van der Waals surface area contributed by atoms with Crippen molar-refractivity contribution in [3.8, 4) is 0 Å². The molecule has 3 aromatic rings. The molecule has 3 amide bonds. The maximum atomic E-state index is 12.9. The van der Waals surface area contributed by atoms with Crippen LogP contribution in [0.1, 0.15) is 46.9 Å². The van der Waals surface area contributed by atoms with Gasteiger partial charge in [0.1, 0.15) is 5.82 Å². The van der Waals surface area contributed by atoms with Crippen molar-refractivity contribution in [2.45, 2.75) is 32.2 Å². The zero-order valence-electron chi connectivity index (χ0n) is 20.0. The van der Waals surface area contributed by atoms with Gasteiger partial charge in [0.25, 0.3) is 11.8 Å². The number of hydrogen-bond acceptors (Lipinski definition) is 5. The standard InChI is InChI=1S/C27H28ClN5O3/c1-18(33-15-5-2-6-16-33)25(34)30-21-12-9-19(10-13-21)26(35)31-23-8-4-3-7-22(23)27(36)32-24-14-11-20(28)17-29-24/h3-4,7-14,17-18H,2,5-6,15-16H2,1H3,(H,30,34)(H,31,35)(H,29,32,36). The van der Waals surface area contributed by atoms with E-state index in [4.69, 9.17) is 11.6 Å². The molecule has 8 nitrogen and oxygen atoms in total. The third-order valence-electron chi connectivity index (χ3n) is 6.12. The summed E-state index contributed by atoms with van der Waals surface area (Å²) in [6.07, 6.45) is 4.88. The SMILES string of the molecule is CC(C(=O)Nc1ccc(C(=O)Nc2ccccc2C(=O)Nc2ccc(Cl)cn2)cc1)N1CCCCC1. The molecule has 4 rings (SSSR count). The van der Waals surface area contributed by atoms with E-state index in [-0.39, 0.29) is 23.4 Å². The normalized spacial score (nSPS) is 14.5. The Bertz CT molecular complexity index is 1220. The van der Waals surface area contributed by atoms with Crippen molar-refractivity contribution in [2.24, 2.45) is 0 Å². The summed E-state index contributed by atoms with van der Waals surface area (Å²) in [5, 5.41) is 8.87. The van der Waals surface area contributed by atoms with Crippen LogP contribution in [0.3, 0.4) is 0 Å². The Balaban J connectivity index is 1.38. The molecule has 1 atom stereocenters. The predicted molar refractivity (Wildman–Crippen MR) is 142 cm³/mol. The predicted octanol–water partition coefficient (Wildman–Crippen LogP) is 5.05. The summed E-state index contributed by atoms with van der Waals surface area (Å²) in [6.45, 7) is 3.78. The van der Waals surface area contributed by atoms with Crippen LogP contribution in [0.4, 0.5) is 17.2 Å². The van der Waals surface area contributed by atoms with Crippen LogP contribution in [0.15, 0.2) is 66.9 Å². The van der Waals surface area contributed by atoms with E-state index in [0.29, 0.717) is 27.8 Å². The Morgan fingerprint density at radius 3 is 2.28 bits per heavy atom. The molecule has 1 fully saturated rings. The highest BCUT2D eigenvalue weighted by Gasteiger charge is 2.23. The number of likely N-dealkylation sites (tertiary alicyclic amines) is 1. The lowest BCUT2D eigenvalue weighted by Crippen LogP contribution is -2.44. The van der Waals surface area contributed by atoms with Crippen molar-refractivity contribution >= 4 is 46.5 Å². The van der Waals surface area contributed by atoms with Gasteiger partial charge in [-0.1, -0.05) is 30.2 Å². The Morgan fingerprint density at radius 2 is 1.58 bits per heavy atom. The van der Waals surface area contributed by atoms with Crippen LogP contribution < -0.4 is 16.0 Å². The van der Waals surface area contributed by atoms with Crippen molar-refractivity contribution in [3.63, 3.8) is 0 Å². The number of benzene rings is 2. The first kappa shape index (κ1) is 25.3. The fourth-order valence-electron chi connectivity index (χ4n) is 4.04. The first-order valence-corrected chi connectivity index (χ1v) is 12.3. The molecule has 36 heavy (non-hydrogen) atoms. The smallest absolute Gasteiger partial charge is 0.258 e. The number of pyridine rings is 1. The number of para-hydroxylation sites is 1. The summed E-state index contributed by atoms with van der Waals surface area (Å²) >= 11 is 5.84. The minimum absolute atomic E-state index is 0.0655. The third kappa shape index (κ3) is 6.47. The molecule has 0 aliphatic carbocycles. The highest BCUT2D eigenvalue weighted by molar-refractivity contribution is 6.30.